The Kier molecular flexibility index (Phi) is 2.40. The standard InChI is InChI=1S/C8H12ClN3O/c1-6(9)7-10-11-8(13-7)12-4-2-3-5-12/h6H,2-5H2,1H3. The Morgan fingerprint density at radius 2 is 2.08 bits per heavy atom. The van der Waals surface area contributed by atoms with Gasteiger partial charge in [0.1, 0.15) is 5.38 Å². The molecule has 1 aliphatic heterocycles. The van der Waals surface area contributed by atoms with Gasteiger partial charge < -0.3 is 9.32 Å². The Morgan fingerprint density at radius 3 is 2.62 bits per heavy atom. The third-order valence-electron chi connectivity index (χ3n) is 2.15. The molecule has 0 spiro atoms. The molecule has 1 aliphatic rings. The van der Waals surface area contributed by atoms with Gasteiger partial charge in [0.05, 0.1) is 0 Å². The van der Waals surface area contributed by atoms with Crippen LogP contribution in [0.3, 0.4) is 0 Å². The molecule has 5 heteroatoms. The summed E-state index contributed by atoms with van der Waals surface area (Å²) in [5, 5.41) is 7.61. The second-order valence-electron chi connectivity index (χ2n) is 3.23. The molecule has 0 aromatic carbocycles. The Balaban J connectivity index is 2.12. The molecule has 1 saturated heterocycles. The maximum Gasteiger partial charge on any atom is 0.318 e. The summed E-state index contributed by atoms with van der Waals surface area (Å²) in [5.41, 5.74) is 0. The first-order valence-electron chi connectivity index (χ1n) is 4.50. The zero-order valence-corrected chi connectivity index (χ0v) is 8.29. The molecular weight excluding hydrogens is 190 g/mol. The highest BCUT2D eigenvalue weighted by atomic mass is 35.5. The first kappa shape index (κ1) is 8.81. The van der Waals surface area contributed by atoms with E-state index in [-0.39, 0.29) is 5.38 Å². The smallest absolute Gasteiger partial charge is 0.318 e. The van der Waals surface area contributed by atoms with Crippen molar-refractivity contribution in [3.8, 4) is 0 Å². The van der Waals surface area contributed by atoms with Gasteiger partial charge in [-0.2, -0.15) is 0 Å². The second-order valence-corrected chi connectivity index (χ2v) is 3.89. The van der Waals surface area contributed by atoms with E-state index in [2.05, 4.69) is 15.1 Å². The fraction of sp³-hybridized carbons (Fsp3) is 0.750. The van der Waals surface area contributed by atoms with Gasteiger partial charge in [-0.1, -0.05) is 5.10 Å². The number of halogens is 1. The Morgan fingerprint density at radius 1 is 1.38 bits per heavy atom. The summed E-state index contributed by atoms with van der Waals surface area (Å²) in [6.07, 6.45) is 2.41. The van der Waals surface area contributed by atoms with Crippen molar-refractivity contribution < 1.29 is 4.42 Å². The first-order chi connectivity index (χ1) is 6.27. The predicted octanol–water partition coefficient (Wildman–Crippen LogP) is 1.97. The Hall–Kier alpha value is -0.770. The molecule has 4 nitrogen and oxygen atoms in total. The van der Waals surface area contributed by atoms with Crippen LogP contribution in [0, 0.1) is 0 Å². The summed E-state index contributed by atoms with van der Waals surface area (Å²) in [6, 6.07) is 0.611. The molecule has 0 radical (unpaired) electrons. The van der Waals surface area contributed by atoms with Crippen LogP contribution in [0.4, 0.5) is 6.01 Å². The van der Waals surface area contributed by atoms with Gasteiger partial charge in [-0.15, -0.1) is 16.7 Å². The predicted molar refractivity (Wildman–Crippen MR) is 50.0 cm³/mol. The lowest BCUT2D eigenvalue weighted by atomic mass is 10.4. The van der Waals surface area contributed by atoms with Gasteiger partial charge in [-0.05, 0) is 19.8 Å². The SMILES string of the molecule is CC(Cl)c1nnc(N2CCCC2)o1. The van der Waals surface area contributed by atoms with Gasteiger partial charge in [-0.25, -0.2) is 0 Å². The molecule has 1 aromatic heterocycles. The number of alkyl halides is 1. The summed E-state index contributed by atoms with van der Waals surface area (Å²) in [4.78, 5) is 2.09. The molecule has 0 N–H and O–H groups in total. The number of aromatic nitrogens is 2. The van der Waals surface area contributed by atoms with Crippen molar-refractivity contribution in [2.24, 2.45) is 0 Å². The summed E-state index contributed by atoms with van der Waals surface area (Å²) in [5.74, 6) is 0.503. The molecular formula is C8H12ClN3O. The minimum atomic E-state index is -0.205. The van der Waals surface area contributed by atoms with Crippen LogP contribution in [0.2, 0.25) is 0 Å². The lowest BCUT2D eigenvalue weighted by molar-refractivity contribution is 0.491. The molecule has 1 aromatic rings. The van der Waals surface area contributed by atoms with E-state index < -0.39 is 0 Å². The zero-order valence-electron chi connectivity index (χ0n) is 7.53. The van der Waals surface area contributed by atoms with Gasteiger partial charge in [-0.3, -0.25) is 0 Å². The number of hydrogen-bond acceptors (Lipinski definition) is 4. The van der Waals surface area contributed by atoms with E-state index in [4.69, 9.17) is 16.0 Å². The first-order valence-corrected chi connectivity index (χ1v) is 4.93. The third-order valence-corrected chi connectivity index (χ3v) is 2.33. The highest BCUT2D eigenvalue weighted by Gasteiger charge is 2.19. The molecule has 0 aliphatic carbocycles. The number of nitrogens with zero attached hydrogens (tertiary/aromatic N) is 3. The van der Waals surface area contributed by atoms with Crippen LogP contribution in [0.25, 0.3) is 0 Å². The topological polar surface area (TPSA) is 42.2 Å². The van der Waals surface area contributed by atoms with Crippen LogP contribution in [-0.4, -0.2) is 23.3 Å². The van der Waals surface area contributed by atoms with Gasteiger partial charge in [0.25, 0.3) is 0 Å². The van der Waals surface area contributed by atoms with Crippen LogP contribution in [0.5, 0.6) is 0 Å². The van der Waals surface area contributed by atoms with Crippen molar-refractivity contribution in [3.63, 3.8) is 0 Å². The average Bonchev–Trinajstić information content (AvgIpc) is 2.75. The van der Waals surface area contributed by atoms with Gasteiger partial charge in [0, 0.05) is 13.1 Å². The average molecular weight is 202 g/mol. The molecule has 0 saturated carbocycles. The van der Waals surface area contributed by atoms with Crippen LogP contribution in [-0.2, 0) is 0 Å². The van der Waals surface area contributed by atoms with E-state index in [1.54, 1.807) is 0 Å². The number of anilines is 1. The quantitative estimate of drug-likeness (QED) is 0.687. The minimum Gasteiger partial charge on any atom is -0.406 e. The normalized spacial score (nSPS) is 19.4. The summed E-state index contributed by atoms with van der Waals surface area (Å²) >= 11 is 5.81. The second kappa shape index (κ2) is 3.54. The molecule has 72 valence electrons. The van der Waals surface area contributed by atoms with Crippen LogP contribution < -0.4 is 4.90 Å². The number of rotatable bonds is 2. The van der Waals surface area contributed by atoms with E-state index >= 15 is 0 Å². The Labute approximate surface area is 81.9 Å². The lowest BCUT2D eigenvalue weighted by Crippen LogP contribution is -2.17. The van der Waals surface area contributed by atoms with Crippen molar-refractivity contribution in [2.45, 2.75) is 25.1 Å². The summed E-state index contributed by atoms with van der Waals surface area (Å²) in [6.45, 7) is 3.85. The van der Waals surface area contributed by atoms with Crippen molar-refractivity contribution >= 4 is 17.6 Å². The summed E-state index contributed by atoms with van der Waals surface area (Å²) in [7, 11) is 0. The highest BCUT2D eigenvalue weighted by molar-refractivity contribution is 6.20. The molecule has 13 heavy (non-hydrogen) atoms. The molecule has 2 rings (SSSR count). The van der Waals surface area contributed by atoms with Gasteiger partial charge >= 0.3 is 6.01 Å². The maximum atomic E-state index is 5.81. The fourth-order valence-corrected chi connectivity index (χ4v) is 1.51. The van der Waals surface area contributed by atoms with Crippen LogP contribution in [0.1, 0.15) is 31.0 Å². The largest absolute Gasteiger partial charge is 0.406 e. The van der Waals surface area contributed by atoms with E-state index in [0.717, 1.165) is 13.1 Å². The molecule has 0 amide bonds. The van der Waals surface area contributed by atoms with E-state index in [9.17, 15) is 0 Å². The monoisotopic (exact) mass is 201 g/mol. The molecule has 0 bridgehead atoms. The van der Waals surface area contributed by atoms with Gasteiger partial charge in [0.2, 0.25) is 5.89 Å². The molecule has 1 atom stereocenters. The van der Waals surface area contributed by atoms with Crippen LogP contribution in [0.15, 0.2) is 4.42 Å². The maximum absolute atomic E-state index is 5.81. The van der Waals surface area contributed by atoms with Crippen molar-refractivity contribution in [1.82, 2.24) is 10.2 Å². The molecule has 1 fully saturated rings. The van der Waals surface area contributed by atoms with Gasteiger partial charge in [0.15, 0.2) is 0 Å². The van der Waals surface area contributed by atoms with Crippen molar-refractivity contribution in [1.29, 1.82) is 0 Å². The third kappa shape index (κ3) is 1.77. The minimum absolute atomic E-state index is 0.205. The highest BCUT2D eigenvalue weighted by Crippen LogP contribution is 2.23. The van der Waals surface area contributed by atoms with Crippen LogP contribution >= 0.6 is 11.6 Å². The Bertz CT molecular complexity index is 281. The molecule has 1 unspecified atom stereocenters. The van der Waals surface area contributed by atoms with E-state index in [0.29, 0.717) is 11.9 Å². The van der Waals surface area contributed by atoms with Crippen molar-refractivity contribution in [3.05, 3.63) is 5.89 Å². The zero-order chi connectivity index (χ0) is 9.26. The number of hydrogen-bond donors (Lipinski definition) is 0. The lowest BCUT2D eigenvalue weighted by Gasteiger charge is -2.09. The fourth-order valence-electron chi connectivity index (χ4n) is 1.42. The molecule has 2 heterocycles. The van der Waals surface area contributed by atoms with E-state index in [1.807, 2.05) is 6.92 Å². The van der Waals surface area contributed by atoms with E-state index in [1.165, 1.54) is 12.8 Å². The van der Waals surface area contributed by atoms with Crippen molar-refractivity contribution in [2.75, 3.05) is 18.0 Å². The summed E-state index contributed by atoms with van der Waals surface area (Å²) < 4.78 is 5.40.